The largest absolute Gasteiger partial charge is 0.382 e. The summed E-state index contributed by atoms with van der Waals surface area (Å²) in [4.78, 5) is 21.7. The van der Waals surface area contributed by atoms with Crippen LogP contribution in [0.1, 0.15) is 6.92 Å². The molecule has 5 nitrogen and oxygen atoms in total. The van der Waals surface area contributed by atoms with Crippen LogP contribution in [0.5, 0.6) is 0 Å². The van der Waals surface area contributed by atoms with E-state index in [1.807, 2.05) is 0 Å². The van der Waals surface area contributed by atoms with Gasteiger partial charge in [0.25, 0.3) is 5.91 Å². The van der Waals surface area contributed by atoms with Gasteiger partial charge in [0, 0.05) is 7.11 Å². The Balaban J connectivity index is 2.70. The van der Waals surface area contributed by atoms with Crippen molar-refractivity contribution in [1.29, 1.82) is 0 Å². The number of imide groups is 1. The Morgan fingerprint density at radius 2 is 2.18 bits per heavy atom. The molecule has 0 aliphatic carbocycles. The topological polar surface area (TPSA) is 67.4 Å². The van der Waals surface area contributed by atoms with Crippen molar-refractivity contribution in [2.24, 2.45) is 0 Å². The predicted octanol–water partition coefficient (Wildman–Crippen LogP) is -0.769. The molecular formula is C6H10N2O3. The monoisotopic (exact) mass is 158 g/mol. The number of rotatable bonds is 2. The van der Waals surface area contributed by atoms with Crippen LogP contribution in [0.4, 0.5) is 4.79 Å². The molecule has 0 spiro atoms. The standard InChI is InChI=1S/C6H10N2O3/c1-6(3-11-2)4(9)7-5(10)8-6/h3H2,1-2H3,(H2,7,8,9,10)/t6-/m0/s1. The van der Waals surface area contributed by atoms with Gasteiger partial charge in [0.2, 0.25) is 0 Å². The smallest absolute Gasteiger partial charge is 0.322 e. The lowest BCUT2D eigenvalue weighted by molar-refractivity contribution is -0.125. The van der Waals surface area contributed by atoms with E-state index in [1.165, 1.54) is 7.11 Å². The van der Waals surface area contributed by atoms with Gasteiger partial charge in [-0.1, -0.05) is 0 Å². The molecule has 1 rings (SSSR count). The molecule has 3 amide bonds. The normalized spacial score (nSPS) is 30.0. The first-order chi connectivity index (χ1) is 5.08. The summed E-state index contributed by atoms with van der Waals surface area (Å²) in [6.45, 7) is 1.79. The molecule has 11 heavy (non-hydrogen) atoms. The molecule has 0 aromatic heterocycles. The number of ether oxygens (including phenoxy) is 1. The molecule has 1 aliphatic rings. The number of hydrogen-bond donors (Lipinski definition) is 2. The highest BCUT2D eigenvalue weighted by atomic mass is 16.5. The zero-order chi connectivity index (χ0) is 8.48. The summed E-state index contributed by atoms with van der Waals surface area (Å²) < 4.78 is 4.77. The Bertz CT molecular complexity index is 204. The maximum absolute atomic E-state index is 11.0. The molecule has 1 aliphatic heterocycles. The predicted molar refractivity (Wildman–Crippen MR) is 37.0 cm³/mol. The van der Waals surface area contributed by atoms with E-state index in [0.29, 0.717) is 0 Å². The molecule has 0 aromatic rings. The zero-order valence-electron chi connectivity index (χ0n) is 6.43. The second-order valence-electron chi connectivity index (χ2n) is 2.67. The maximum atomic E-state index is 11.0. The molecule has 0 unspecified atom stereocenters. The molecule has 1 saturated heterocycles. The summed E-state index contributed by atoms with van der Waals surface area (Å²) in [5, 5.41) is 4.58. The SMILES string of the molecule is COC[C@]1(C)NC(=O)NC1=O. The molecule has 62 valence electrons. The number of nitrogens with one attached hydrogen (secondary N) is 2. The fourth-order valence-corrected chi connectivity index (χ4v) is 0.970. The third kappa shape index (κ3) is 1.32. The summed E-state index contributed by atoms with van der Waals surface area (Å²) in [6.07, 6.45) is 0. The van der Waals surface area contributed by atoms with Crippen LogP contribution in [-0.2, 0) is 9.53 Å². The molecule has 0 aromatic carbocycles. The number of methoxy groups -OCH3 is 1. The first-order valence-electron chi connectivity index (χ1n) is 3.21. The van der Waals surface area contributed by atoms with Gasteiger partial charge in [-0.2, -0.15) is 0 Å². The first-order valence-corrected chi connectivity index (χ1v) is 3.21. The van der Waals surface area contributed by atoms with Crippen molar-refractivity contribution in [3.63, 3.8) is 0 Å². The van der Waals surface area contributed by atoms with Crippen LogP contribution < -0.4 is 10.6 Å². The van der Waals surface area contributed by atoms with Gasteiger partial charge < -0.3 is 10.1 Å². The number of amides is 3. The minimum Gasteiger partial charge on any atom is -0.382 e. The average Bonchev–Trinajstić information content (AvgIpc) is 2.08. The highest BCUT2D eigenvalue weighted by Gasteiger charge is 2.41. The Morgan fingerprint density at radius 1 is 1.55 bits per heavy atom. The highest BCUT2D eigenvalue weighted by Crippen LogP contribution is 2.08. The molecule has 1 heterocycles. The summed E-state index contributed by atoms with van der Waals surface area (Å²) in [6, 6.07) is -0.463. The number of carbonyl (C=O) groups is 2. The zero-order valence-corrected chi connectivity index (χ0v) is 6.43. The molecule has 0 saturated carbocycles. The van der Waals surface area contributed by atoms with Crippen LogP contribution in [0.3, 0.4) is 0 Å². The summed E-state index contributed by atoms with van der Waals surface area (Å²) >= 11 is 0. The van der Waals surface area contributed by atoms with E-state index in [2.05, 4.69) is 10.6 Å². The van der Waals surface area contributed by atoms with Gasteiger partial charge in [0.15, 0.2) is 0 Å². The lowest BCUT2D eigenvalue weighted by Crippen LogP contribution is -2.47. The minimum atomic E-state index is -0.897. The van der Waals surface area contributed by atoms with E-state index < -0.39 is 11.6 Å². The van der Waals surface area contributed by atoms with E-state index >= 15 is 0 Å². The van der Waals surface area contributed by atoms with Crippen molar-refractivity contribution in [2.75, 3.05) is 13.7 Å². The van der Waals surface area contributed by atoms with Crippen LogP contribution in [0.2, 0.25) is 0 Å². The number of urea groups is 1. The first kappa shape index (κ1) is 8.00. The lowest BCUT2D eigenvalue weighted by atomic mass is 10.1. The Kier molecular flexibility index (Phi) is 1.82. The van der Waals surface area contributed by atoms with E-state index in [-0.39, 0.29) is 12.5 Å². The third-order valence-electron chi connectivity index (χ3n) is 1.55. The van der Waals surface area contributed by atoms with Crippen molar-refractivity contribution in [1.82, 2.24) is 10.6 Å². The van der Waals surface area contributed by atoms with Crippen molar-refractivity contribution >= 4 is 11.9 Å². The van der Waals surface area contributed by atoms with Gasteiger partial charge in [-0.25, -0.2) is 4.79 Å². The minimum absolute atomic E-state index is 0.185. The Hall–Kier alpha value is -1.10. The molecule has 5 heteroatoms. The quantitative estimate of drug-likeness (QED) is 0.518. The van der Waals surface area contributed by atoms with Gasteiger partial charge in [-0.05, 0) is 6.92 Å². The molecule has 2 N–H and O–H groups in total. The summed E-state index contributed by atoms with van der Waals surface area (Å²) in [7, 11) is 1.48. The summed E-state index contributed by atoms with van der Waals surface area (Å²) in [5.74, 6) is -0.343. The van der Waals surface area contributed by atoms with Crippen LogP contribution in [-0.4, -0.2) is 31.2 Å². The second-order valence-corrected chi connectivity index (χ2v) is 2.67. The summed E-state index contributed by atoms with van der Waals surface area (Å²) in [5.41, 5.74) is -0.897. The molecular weight excluding hydrogens is 148 g/mol. The van der Waals surface area contributed by atoms with E-state index in [1.54, 1.807) is 6.92 Å². The van der Waals surface area contributed by atoms with Gasteiger partial charge in [0.05, 0.1) is 6.61 Å². The van der Waals surface area contributed by atoms with Gasteiger partial charge in [0.1, 0.15) is 5.54 Å². The highest BCUT2D eigenvalue weighted by molar-refractivity contribution is 6.06. The van der Waals surface area contributed by atoms with Gasteiger partial charge >= 0.3 is 6.03 Å². The molecule has 0 radical (unpaired) electrons. The lowest BCUT2D eigenvalue weighted by Gasteiger charge is -2.18. The van der Waals surface area contributed by atoms with E-state index in [4.69, 9.17) is 4.74 Å². The Labute approximate surface area is 64.1 Å². The van der Waals surface area contributed by atoms with Crippen molar-refractivity contribution in [2.45, 2.75) is 12.5 Å². The van der Waals surface area contributed by atoms with E-state index in [0.717, 1.165) is 0 Å². The number of carbonyl (C=O) groups excluding carboxylic acids is 2. The fraction of sp³-hybridized carbons (Fsp3) is 0.667. The van der Waals surface area contributed by atoms with Crippen LogP contribution in [0, 0.1) is 0 Å². The van der Waals surface area contributed by atoms with Crippen LogP contribution in [0.15, 0.2) is 0 Å². The Morgan fingerprint density at radius 3 is 2.55 bits per heavy atom. The molecule has 1 fully saturated rings. The van der Waals surface area contributed by atoms with Crippen molar-refractivity contribution < 1.29 is 14.3 Å². The van der Waals surface area contributed by atoms with E-state index in [9.17, 15) is 9.59 Å². The maximum Gasteiger partial charge on any atom is 0.322 e. The van der Waals surface area contributed by atoms with Gasteiger partial charge in [-0.15, -0.1) is 0 Å². The fourth-order valence-electron chi connectivity index (χ4n) is 0.970. The average molecular weight is 158 g/mol. The van der Waals surface area contributed by atoms with Crippen LogP contribution in [0.25, 0.3) is 0 Å². The molecule has 1 atom stereocenters. The van der Waals surface area contributed by atoms with Crippen molar-refractivity contribution in [3.8, 4) is 0 Å². The second kappa shape index (κ2) is 2.50. The third-order valence-corrected chi connectivity index (χ3v) is 1.55. The van der Waals surface area contributed by atoms with Crippen molar-refractivity contribution in [3.05, 3.63) is 0 Å². The van der Waals surface area contributed by atoms with Crippen LogP contribution >= 0.6 is 0 Å². The molecule has 0 bridgehead atoms. The van der Waals surface area contributed by atoms with Gasteiger partial charge in [-0.3, -0.25) is 10.1 Å². The number of hydrogen-bond acceptors (Lipinski definition) is 3.